The van der Waals surface area contributed by atoms with E-state index in [2.05, 4.69) is 68.0 Å². The Labute approximate surface area is 167 Å². The number of aliphatic imine (C=N–C) groups is 1. The van der Waals surface area contributed by atoms with Crippen molar-refractivity contribution in [1.29, 1.82) is 0 Å². The Morgan fingerprint density at radius 3 is 2.74 bits per heavy atom. The van der Waals surface area contributed by atoms with E-state index in [9.17, 15) is 0 Å². The molecule has 27 heavy (non-hydrogen) atoms. The summed E-state index contributed by atoms with van der Waals surface area (Å²) in [6.45, 7) is 4.23. The maximum Gasteiger partial charge on any atom is 0.191 e. The van der Waals surface area contributed by atoms with Crippen LogP contribution in [0.5, 0.6) is 0 Å². The molecule has 2 heterocycles. The molecule has 0 aliphatic heterocycles. The van der Waals surface area contributed by atoms with Crippen molar-refractivity contribution in [2.75, 3.05) is 13.1 Å². The summed E-state index contributed by atoms with van der Waals surface area (Å²) in [5.41, 5.74) is 2.40. The molecule has 2 aromatic heterocycles. The van der Waals surface area contributed by atoms with Crippen molar-refractivity contribution in [3.8, 4) is 0 Å². The van der Waals surface area contributed by atoms with Gasteiger partial charge < -0.3 is 10.6 Å². The molecule has 0 saturated heterocycles. The molecular weight excluding hydrogens is 404 g/mol. The van der Waals surface area contributed by atoms with Crippen LogP contribution in [-0.4, -0.2) is 33.6 Å². The lowest BCUT2D eigenvalue weighted by Crippen LogP contribution is -2.41. The van der Waals surface area contributed by atoms with Crippen LogP contribution in [0, 0.1) is 0 Å². The number of guanidine groups is 1. The summed E-state index contributed by atoms with van der Waals surface area (Å²) in [4.78, 5) is 4.71. The Kier molecular flexibility index (Phi) is 5.11. The second-order valence-electron chi connectivity index (χ2n) is 6.85. The molecule has 1 aliphatic rings. The minimum Gasteiger partial charge on any atom is -0.357 e. The van der Waals surface area contributed by atoms with E-state index in [0.29, 0.717) is 6.54 Å². The van der Waals surface area contributed by atoms with Gasteiger partial charge in [0, 0.05) is 29.2 Å². The minimum absolute atomic E-state index is 0.192. The van der Waals surface area contributed by atoms with Crippen LogP contribution in [-0.2, 0) is 12.0 Å². The Morgan fingerprint density at radius 2 is 1.96 bits per heavy atom. The van der Waals surface area contributed by atoms with Gasteiger partial charge in [-0.25, -0.2) is 4.99 Å². The molecule has 6 nitrogen and oxygen atoms in total. The summed E-state index contributed by atoms with van der Waals surface area (Å²) in [7, 11) is 0. The molecule has 4 rings (SSSR count). The number of nitrogens with one attached hydrogen (secondary N) is 2. The third-order valence-electron chi connectivity index (χ3n) is 5.00. The highest BCUT2D eigenvalue weighted by Gasteiger charge is 2.45. The number of rotatable bonds is 6. The van der Waals surface area contributed by atoms with Gasteiger partial charge in [0.2, 0.25) is 0 Å². The van der Waals surface area contributed by atoms with Gasteiger partial charge in [0.15, 0.2) is 17.4 Å². The van der Waals surface area contributed by atoms with Crippen LogP contribution in [0.1, 0.15) is 31.2 Å². The van der Waals surface area contributed by atoms with Gasteiger partial charge in [-0.1, -0.05) is 40.2 Å². The number of fused-ring (bicyclic) bond motifs is 1. The standard InChI is InChI=1S/C20H23BrN6/c1-2-22-19(23-13-18-26-25-17-9-5-6-12-27(17)18)24-14-20(10-11-20)15-7-3-4-8-16(15)21/h3-9,12H,2,10-11,13-14H2,1H3,(H2,22,23,24). The van der Waals surface area contributed by atoms with Crippen molar-refractivity contribution < 1.29 is 0 Å². The highest BCUT2D eigenvalue weighted by atomic mass is 79.9. The first kappa shape index (κ1) is 18.0. The maximum absolute atomic E-state index is 4.71. The molecule has 0 spiro atoms. The molecule has 1 aromatic carbocycles. The normalized spacial score (nSPS) is 15.7. The highest BCUT2D eigenvalue weighted by Crippen LogP contribution is 2.49. The second kappa shape index (κ2) is 7.68. The Hall–Kier alpha value is -2.41. The number of benzene rings is 1. The van der Waals surface area contributed by atoms with Crippen molar-refractivity contribution in [3.63, 3.8) is 0 Å². The van der Waals surface area contributed by atoms with E-state index in [1.54, 1.807) is 0 Å². The third kappa shape index (κ3) is 3.83. The lowest BCUT2D eigenvalue weighted by atomic mass is 9.96. The predicted molar refractivity (Wildman–Crippen MR) is 111 cm³/mol. The van der Waals surface area contributed by atoms with Crippen molar-refractivity contribution in [1.82, 2.24) is 25.2 Å². The zero-order valence-electron chi connectivity index (χ0n) is 15.3. The number of halogens is 1. The van der Waals surface area contributed by atoms with Gasteiger partial charge >= 0.3 is 0 Å². The molecule has 3 aromatic rings. The van der Waals surface area contributed by atoms with Crippen LogP contribution in [0.25, 0.3) is 5.65 Å². The first-order chi connectivity index (χ1) is 13.2. The van der Waals surface area contributed by atoms with Crippen molar-refractivity contribution in [3.05, 3.63) is 64.5 Å². The van der Waals surface area contributed by atoms with Gasteiger partial charge in [0.25, 0.3) is 0 Å². The van der Waals surface area contributed by atoms with Crippen LogP contribution in [0.15, 0.2) is 58.1 Å². The van der Waals surface area contributed by atoms with Crippen molar-refractivity contribution in [2.45, 2.75) is 31.7 Å². The van der Waals surface area contributed by atoms with Crippen molar-refractivity contribution >= 4 is 27.5 Å². The second-order valence-corrected chi connectivity index (χ2v) is 7.71. The molecule has 0 radical (unpaired) electrons. The number of hydrogen-bond donors (Lipinski definition) is 2. The van der Waals surface area contributed by atoms with Crippen LogP contribution in [0.2, 0.25) is 0 Å². The smallest absolute Gasteiger partial charge is 0.191 e. The van der Waals surface area contributed by atoms with Gasteiger partial charge in [-0.2, -0.15) is 0 Å². The fourth-order valence-corrected chi connectivity index (χ4v) is 4.03. The summed E-state index contributed by atoms with van der Waals surface area (Å²) in [6.07, 6.45) is 4.35. The largest absolute Gasteiger partial charge is 0.357 e. The molecule has 140 valence electrons. The zero-order chi connectivity index (χ0) is 18.7. The number of pyridine rings is 1. The van der Waals surface area contributed by atoms with Gasteiger partial charge in [-0.05, 0) is 43.5 Å². The van der Waals surface area contributed by atoms with E-state index >= 15 is 0 Å². The lowest BCUT2D eigenvalue weighted by molar-refractivity contribution is 0.642. The van der Waals surface area contributed by atoms with E-state index in [0.717, 1.165) is 30.5 Å². The van der Waals surface area contributed by atoms with E-state index in [1.165, 1.54) is 22.9 Å². The van der Waals surface area contributed by atoms with Gasteiger partial charge in [0.1, 0.15) is 6.54 Å². The molecule has 1 aliphatic carbocycles. The van der Waals surface area contributed by atoms with Gasteiger partial charge in [-0.3, -0.25) is 4.40 Å². The van der Waals surface area contributed by atoms with E-state index < -0.39 is 0 Å². The summed E-state index contributed by atoms with van der Waals surface area (Å²) in [5.74, 6) is 1.64. The van der Waals surface area contributed by atoms with Crippen molar-refractivity contribution in [2.24, 2.45) is 4.99 Å². The lowest BCUT2D eigenvalue weighted by Gasteiger charge is -2.20. The summed E-state index contributed by atoms with van der Waals surface area (Å²) < 4.78 is 3.15. The van der Waals surface area contributed by atoms with Crippen LogP contribution in [0.4, 0.5) is 0 Å². The summed E-state index contributed by atoms with van der Waals surface area (Å²) >= 11 is 3.70. The Morgan fingerprint density at radius 1 is 1.15 bits per heavy atom. The Bertz CT molecular complexity index is 960. The molecule has 7 heteroatoms. The van der Waals surface area contributed by atoms with E-state index in [1.807, 2.05) is 28.8 Å². The molecule has 2 N–H and O–H groups in total. The van der Waals surface area contributed by atoms with Crippen LogP contribution >= 0.6 is 15.9 Å². The maximum atomic E-state index is 4.71. The SMILES string of the molecule is CCNC(=NCc1nnc2ccccn12)NCC1(c2ccccc2Br)CC1. The monoisotopic (exact) mass is 426 g/mol. The molecule has 0 unspecified atom stereocenters. The summed E-state index contributed by atoms with van der Waals surface area (Å²) in [5, 5.41) is 15.3. The van der Waals surface area contributed by atoms with E-state index in [4.69, 9.17) is 4.99 Å². The molecule has 0 amide bonds. The first-order valence-electron chi connectivity index (χ1n) is 9.28. The van der Waals surface area contributed by atoms with E-state index in [-0.39, 0.29) is 5.41 Å². The molecule has 1 fully saturated rings. The summed E-state index contributed by atoms with van der Waals surface area (Å²) in [6, 6.07) is 14.4. The fraction of sp³-hybridized carbons (Fsp3) is 0.350. The first-order valence-corrected chi connectivity index (χ1v) is 10.1. The number of hydrogen-bond acceptors (Lipinski definition) is 3. The molecule has 0 atom stereocenters. The zero-order valence-corrected chi connectivity index (χ0v) is 16.9. The topological polar surface area (TPSA) is 66.6 Å². The minimum atomic E-state index is 0.192. The fourth-order valence-electron chi connectivity index (χ4n) is 3.33. The average Bonchev–Trinajstić information content (AvgIpc) is 3.37. The number of aromatic nitrogens is 3. The molecular formula is C20H23BrN6. The predicted octanol–water partition coefficient (Wildman–Crippen LogP) is 3.28. The number of nitrogens with zero attached hydrogens (tertiary/aromatic N) is 4. The highest BCUT2D eigenvalue weighted by molar-refractivity contribution is 9.10. The quantitative estimate of drug-likeness (QED) is 0.468. The molecule has 0 bridgehead atoms. The third-order valence-corrected chi connectivity index (χ3v) is 5.69. The Balaban J connectivity index is 1.47. The van der Waals surface area contributed by atoms with Crippen LogP contribution in [0.3, 0.4) is 0 Å². The van der Waals surface area contributed by atoms with Crippen LogP contribution < -0.4 is 10.6 Å². The van der Waals surface area contributed by atoms with Gasteiger partial charge in [0.05, 0.1) is 0 Å². The molecule has 1 saturated carbocycles. The average molecular weight is 427 g/mol. The van der Waals surface area contributed by atoms with Gasteiger partial charge in [-0.15, -0.1) is 10.2 Å².